The van der Waals surface area contributed by atoms with Crippen LogP contribution in [0.15, 0.2) is 6.20 Å². The molecule has 0 bridgehead atoms. The minimum absolute atomic E-state index is 0.463. The molecule has 0 unspecified atom stereocenters. The predicted octanol–water partition coefficient (Wildman–Crippen LogP) is 1.69. The summed E-state index contributed by atoms with van der Waals surface area (Å²) in [4.78, 5) is 0. The van der Waals surface area contributed by atoms with Gasteiger partial charge in [-0.25, -0.2) is 0 Å². The highest BCUT2D eigenvalue weighted by molar-refractivity contribution is 4.90. The van der Waals surface area contributed by atoms with Crippen LogP contribution in [0.4, 0.5) is 0 Å². The van der Waals surface area contributed by atoms with Gasteiger partial charge in [-0.1, -0.05) is 44.2 Å². The van der Waals surface area contributed by atoms with Crippen LogP contribution in [0.3, 0.4) is 0 Å². The number of unbranched alkanes of at least 4 members (excludes halogenated alkanes) is 5. The standard InChI is InChI=1S/C13H27N5/c1-2-3-4-5-6-7-8-15-9-10-18-12-13(11-14)16-17-18/h12,15H,2-11,14H2,1H3. The van der Waals surface area contributed by atoms with E-state index in [1.165, 1.54) is 38.5 Å². The van der Waals surface area contributed by atoms with Gasteiger partial charge in [0.05, 0.1) is 12.2 Å². The number of nitrogens with one attached hydrogen (secondary N) is 1. The lowest BCUT2D eigenvalue weighted by molar-refractivity contribution is 0.520. The Balaban J connectivity index is 1.89. The zero-order valence-electron chi connectivity index (χ0n) is 11.6. The first-order chi connectivity index (χ1) is 8.86. The summed E-state index contributed by atoms with van der Waals surface area (Å²) in [5, 5.41) is 11.4. The number of nitrogens with two attached hydrogens (primary N) is 1. The highest BCUT2D eigenvalue weighted by Gasteiger charge is 1.97. The number of nitrogens with zero attached hydrogens (tertiary/aromatic N) is 3. The Bertz CT molecular complexity index is 297. The molecule has 3 N–H and O–H groups in total. The van der Waals surface area contributed by atoms with Crippen molar-refractivity contribution >= 4 is 0 Å². The van der Waals surface area contributed by atoms with Gasteiger partial charge < -0.3 is 11.1 Å². The van der Waals surface area contributed by atoms with Crippen molar-refractivity contribution in [2.24, 2.45) is 5.73 Å². The average Bonchev–Trinajstić information content (AvgIpc) is 2.85. The Morgan fingerprint density at radius 3 is 2.67 bits per heavy atom. The van der Waals surface area contributed by atoms with Gasteiger partial charge in [0.2, 0.25) is 0 Å². The fraction of sp³-hybridized carbons (Fsp3) is 0.846. The summed E-state index contributed by atoms with van der Waals surface area (Å²) >= 11 is 0. The Hall–Kier alpha value is -0.940. The molecule has 0 spiro atoms. The van der Waals surface area contributed by atoms with E-state index in [9.17, 15) is 0 Å². The van der Waals surface area contributed by atoms with E-state index in [1.54, 1.807) is 0 Å². The van der Waals surface area contributed by atoms with Gasteiger partial charge in [0.25, 0.3) is 0 Å². The van der Waals surface area contributed by atoms with E-state index >= 15 is 0 Å². The lowest BCUT2D eigenvalue weighted by Crippen LogP contribution is -2.21. The Kier molecular flexibility index (Phi) is 8.42. The number of aromatic nitrogens is 3. The van der Waals surface area contributed by atoms with Crippen molar-refractivity contribution in [1.82, 2.24) is 20.3 Å². The van der Waals surface area contributed by atoms with E-state index in [1.807, 2.05) is 10.9 Å². The van der Waals surface area contributed by atoms with Crippen LogP contribution in [0.1, 0.15) is 51.1 Å². The van der Waals surface area contributed by atoms with Gasteiger partial charge in [0.15, 0.2) is 0 Å². The lowest BCUT2D eigenvalue weighted by atomic mass is 10.1. The number of hydrogen-bond acceptors (Lipinski definition) is 4. The lowest BCUT2D eigenvalue weighted by Gasteiger charge is -2.04. The van der Waals surface area contributed by atoms with Gasteiger partial charge in [0.1, 0.15) is 0 Å². The molecular formula is C13H27N5. The summed E-state index contributed by atoms with van der Waals surface area (Å²) in [6, 6.07) is 0. The smallest absolute Gasteiger partial charge is 0.0962 e. The third-order valence-corrected chi connectivity index (χ3v) is 3.02. The van der Waals surface area contributed by atoms with Gasteiger partial charge in [-0.15, -0.1) is 5.10 Å². The van der Waals surface area contributed by atoms with Crippen LogP contribution in [-0.4, -0.2) is 28.1 Å². The van der Waals surface area contributed by atoms with E-state index in [-0.39, 0.29) is 0 Å². The molecule has 0 radical (unpaired) electrons. The van der Waals surface area contributed by atoms with Gasteiger partial charge in [-0.05, 0) is 13.0 Å². The third-order valence-electron chi connectivity index (χ3n) is 3.02. The molecule has 0 aliphatic heterocycles. The summed E-state index contributed by atoms with van der Waals surface area (Å²) in [6.07, 6.45) is 9.98. The highest BCUT2D eigenvalue weighted by atomic mass is 15.4. The summed E-state index contributed by atoms with van der Waals surface area (Å²) < 4.78 is 1.84. The molecular weight excluding hydrogens is 226 g/mol. The summed E-state index contributed by atoms with van der Waals surface area (Å²) in [5.74, 6) is 0. The molecule has 1 rings (SSSR count). The maximum Gasteiger partial charge on any atom is 0.0962 e. The predicted molar refractivity (Wildman–Crippen MR) is 74.2 cm³/mol. The molecule has 1 aromatic rings. The minimum atomic E-state index is 0.463. The molecule has 0 amide bonds. The molecule has 0 aliphatic rings. The van der Waals surface area contributed by atoms with Crippen molar-refractivity contribution in [3.8, 4) is 0 Å². The molecule has 0 aliphatic carbocycles. The van der Waals surface area contributed by atoms with Crippen molar-refractivity contribution in [3.63, 3.8) is 0 Å². The molecule has 104 valence electrons. The zero-order valence-corrected chi connectivity index (χ0v) is 11.6. The Morgan fingerprint density at radius 2 is 1.94 bits per heavy atom. The van der Waals surface area contributed by atoms with Gasteiger partial charge in [0, 0.05) is 19.3 Å². The van der Waals surface area contributed by atoms with Crippen LogP contribution in [0.25, 0.3) is 0 Å². The highest BCUT2D eigenvalue weighted by Crippen LogP contribution is 2.03. The normalized spacial score (nSPS) is 11.0. The molecule has 0 atom stereocenters. The minimum Gasteiger partial charge on any atom is -0.325 e. The molecule has 5 heteroatoms. The second kappa shape index (κ2) is 10.0. The first-order valence-electron chi connectivity index (χ1n) is 7.16. The Labute approximate surface area is 110 Å². The summed E-state index contributed by atoms with van der Waals surface area (Å²) in [6.45, 7) is 5.63. The van der Waals surface area contributed by atoms with Crippen molar-refractivity contribution in [3.05, 3.63) is 11.9 Å². The SMILES string of the molecule is CCCCCCCCNCCn1cc(CN)nn1. The molecule has 18 heavy (non-hydrogen) atoms. The molecule has 1 heterocycles. The monoisotopic (exact) mass is 253 g/mol. The molecule has 0 saturated carbocycles. The quantitative estimate of drug-likeness (QED) is 0.589. The van der Waals surface area contributed by atoms with Crippen LogP contribution in [-0.2, 0) is 13.1 Å². The average molecular weight is 253 g/mol. The largest absolute Gasteiger partial charge is 0.325 e. The fourth-order valence-electron chi connectivity index (χ4n) is 1.89. The van der Waals surface area contributed by atoms with Crippen LogP contribution >= 0.6 is 0 Å². The third kappa shape index (κ3) is 6.71. The van der Waals surface area contributed by atoms with Gasteiger partial charge >= 0.3 is 0 Å². The van der Waals surface area contributed by atoms with Crippen molar-refractivity contribution in [2.45, 2.75) is 58.5 Å². The van der Waals surface area contributed by atoms with Crippen LogP contribution < -0.4 is 11.1 Å². The Morgan fingerprint density at radius 1 is 1.17 bits per heavy atom. The first kappa shape index (κ1) is 15.1. The van der Waals surface area contributed by atoms with Crippen molar-refractivity contribution in [2.75, 3.05) is 13.1 Å². The maximum atomic E-state index is 5.48. The summed E-state index contributed by atoms with van der Waals surface area (Å²) in [7, 11) is 0. The number of rotatable bonds is 11. The molecule has 0 aromatic carbocycles. The van der Waals surface area contributed by atoms with Crippen molar-refractivity contribution in [1.29, 1.82) is 0 Å². The van der Waals surface area contributed by atoms with Gasteiger partial charge in [-0.2, -0.15) is 0 Å². The van der Waals surface area contributed by atoms with E-state index in [0.717, 1.165) is 25.3 Å². The van der Waals surface area contributed by atoms with Crippen LogP contribution in [0.2, 0.25) is 0 Å². The molecule has 1 aromatic heterocycles. The maximum absolute atomic E-state index is 5.48. The van der Waals surface area contributed by atoms with E-state index in [0.29, 0.717) is 6.54 Å². The van der Waals surface area contributed by atoms with E-state index < -0.39 is 0 Å². The number of hydrogen-bond donors (Lipinski definition) is 2. The zero-order chi connectivity index (χ0) is 13.1. The summed E-state index contributed by atoms with van der Waals surface area (Å²) in [5.41, 5.74) is 6.33. The van der Waals surface area contributed by atoms with Crippen molar-refractivity contribution < 1.29 is 0 Å². The molecule has 0 saturated heterocycles. The van der Waals surface area contributed by atoms with E-state index in [4.69, 9.17) is 5.73 Å². The fourth-order valence-corrected chi connectivity index (χ4v) is 1.89. The van der Waals surface area contributed by atoms with Crippen LogP contribution in [0, 0.1) is 0 Å². The molecule has 0 fully saturated rings. The topological polar surface area (TPSA) is 68.8 Å². The van der Waals surface area contributed by atoms with E-state index in [2.05, 4.69) is 22.6 Å². The second-order valence-corrected chi connectivity index (χ2v) is 4.69. The first-order valence-corrected chi connectivity index (χ1v) is 7.16. The van der Waals surface area contributed by atoms with Gasteiger partial charge in [-0.3, -0.25) is 4.68 Å². The van der Waals surface area contributed by atoms with Crippen LogP contribution in [0.5, 0.6) is 0 Å². The second-order valence-electron chi connectivity index (χ2n) is 4.69. The molecule has 5 nitrogen and oxygen atoms in total.